The first-order valence-corrected chi connectivity index (χ1v) is 6.51. The normalized spacial score (nSPS) is 12.4. The first-order chi connectivity index (χ1) is 9.16. The van der Waals surface area contributed by atoms with Crippen molar-refractivity contribution in [2.45, 2.75) is 12.6 Å². The van der Waals surface area contributed by atoms with Crippen LogP contribution in [0, 0.1) is 0 Å². The highest BCUT2D eigenvalue weighted by Crippen LogP contribution is 2.25. The number of nitrogens with zero attached hydrogens (tertiary/aromatic N) is 2. The van der Waals surface area contributed by atoms with Gasteiger partial charge in [0.1, 0.15) is 6.33 Å². The lowest BCUT2D eigenvalue weighted by molar-refractivity contribution is 0.174. The van der Waals surface area contributed by atoms with Gasteiger partial charge in [-0.3, -0.25) is 0 Å². The van der Waals surface area contributed by atoms with Crippen LogP contribution in [0.3, 0.4) is 0 Å². The van der Waals surface area contributed by atoms with Gasteiger partial charge in [0.15, 0.2) is 0 Å². The summed E-state index contributed by atoms with van der Waals surface area (Å²) in [6.07, 6.45) is 2.45. The topological polar surface area (TPSA) is 58.0 Å². The Balaban J connectivity index is 1.91. The Morgan fingerprint density at radius 2 is 2.11 bits per heavy atom. The minimum absolute atomic E-state index is 0.365. The summed E-state index contributed by atoms with van der Waals surface area (Å²) >= 11 is 11.9. The van der Waals surface area contributed by atoms with Crippen LogP contribution < -0.4 is 5.32 Å². The Morgan fingerprint density at radius 3 is 2.84 bits per heavy atom. The number of aliphatic hydroxyl groups is 1. The summed E-state index contributed by atoms with van der Waals surface area (Å²) in [5, 5.41) is 14.2. The molecule has 1 aromatic heterocycles. The van der Waals surface area contributed by atoms with Gasteiger partial charge in [-0.05, 0) is 24.3 Å². The third kappa shape index (κ3) is 4.14. The lowest BCUT2D eigenvalue weighted by atomic mass is 10.1. The zero-order chi connectivity index (χ0) is 13.7. The molecular weight excluding hydrogens is 285 g/mol. The number of aliphatic hydroxyl groups excluding tert-OH is 1. The van der Waals surface area contributed by atoms with E-state index in [-0.39, 0.29) is 0 Å². The molecule has 0 radical (unpaired) electrons. The molecule has 0 bridgehead atoms. The molecule has 0 aliphatic heterocycles. The molecule has 2 aromatic rings. The van der Waals surface area contributed by atoms with E-state index in [1.807, 2.05) is 6.07 Å². The van der Waals surface area contributed by atoms with Gasteiger partial charge in [0.05, 0.1) is 11.8 Å². The van der Waals surface area contributed by atoms with E-state index < -0.39 is 6.10 Å². The van der Waals surface area contributed by atoms with Crippen LogP contribution in [0.2, 0.25) is 10.0 Å². The van der Waals surface area contributed by atoms with E-state index in [2.05, 4.69) is 15.3 Å². The van der Waals surface area contributed by atoms with Gasteiger partial charge < -0.3 is 10.4 Å². The van der Waals surface area contributed by atoms with E-state index in [1.54, 1.807) is 24.4 Å². The van der Waals surface area contributed by atoms with Crippen LogP contribution in [0.1, 0.15) is 17.4 Å². The molecule has 2 rings (SSSR count). The number of halogens is 2. The molecule has 1 atom stereocenters. The van der Waals surface area contributed by atoms with Gasteiger partial charge >= 0.3 is 0 Å². The fourth-order valence-electron chi connectivity index (χ4n) is 1.64. The van der Waals surface area contributed by atoms with Gasteiger partial charge in [-0.1, -0.05) is 23.2 Å². The fourth-order valence-corrected chi connectivity index (χ4v) is 2.06. The highest BCUT2D eigenvalue weighted by molar-refractivity contribution is 6.33. The van der Waals surface area contributed by atoms with Gasteiger partial charge in [0.2, 0.25) is 0 Å². The predicted molar refractivity (Wildman–Crippen MR) is 75.2 cm³/mol. The highest BCUT2D eigenvalue weighted by atomic mass is 35.5. The van der Waals surface area contributed by atoms with Crippen molar-refractivity contribution in [3.63, 3.8) is 0 Å². The second kappa shape index (κ2) is 6.82. The Kier molecular flexibility index (Phi) is 5.10. The van der Waals surface area contributed by atoms with E-state index in [4.69, 9.17) is 23.2 Å². The van der Waals surface area contributed by atoms with Crippen molar-refractivity contribution in [1.82, 2.24) is 15.3 Å². The second-order valence-electron chi connectivity index (χ2n) is 4.01. The molecule has 6 heteroatoms. The van der Waals surface area contributed by atoms with Crippen molar-refractivity contribution in [3.8, 4) is 0 Å². The number of benzene rings is 1. The molecule has 0 saturated heterocycles. The van der Waals surface area contributed by atoms with Crippen LogP contribution in [0.25, 0.3) is 0 Å². The smallest absolute Gasteiger partial charge is 0.115 e. The molecule has 0 fully saturated rings. The fraction of sp³-hybridized carbons (Fsp3) is 0.231. The van der Waals surface area contributed by atoms with E-state index in [0.29, 0.717) is 28.7 Å². The van der Waals surface area contributed by atoms with Crippen molar-refractivity contribution < 1.29 is 5.11 Å². The van der Waals surface area contributed by atoms with Crippen molar-refractivity contribution >= 4 is 23.2 Å². The molecule has 2 N–H and O–H groups in total. The zero-order valence-corrected chi connectivity index (χ0v) is 11.6. The molecule has 0 spiro atoms. The molecule has 1 heterocycles. The molecular formula is C13H13Cl2N3O. The quantitative estimate of drug-likeness (QED) is 0.891. The van der Waals surface area contributed by atoms with Crippen LogP contribution in [0.4, 0.5) is 0 Å². The monoisotopic (exact) mass is 297 g/mol. The molecule has 0 aliphatic carbocycles. The lowest BCUT2D eigenvalue weighted by Crippen LogP contribution is -2.21. The second-order valence-corrected chi connectivity index (χ2v) is 4.86. The van der Waals surface area contributed by atoms with Crippen molar-refractivity contribution in [3.05, 3.63) is 58.1 Å². The molecule has 1 aromatic carbocycles. The highest BCUT2D eigenvalue weighted by Gasteiger charge is 2.11. The summed E-state index contributed by atoms with van der Waals surface area (Å²) in [5.74, 6) is 0. The summed E-state index contributed by atoms with van der Waals surface area (Å²) in [4.78, 5) is 7.91. The van der Waals surface area contributed by atoms with Gasteiger partial charge in [-0.25, -0.2) is 9.97 Å². The maximum atomic E-state index is 10.1. The molecule has 4 nitrogen and oxygen atoms in total. The third-order valence-corrected chi connectivity index (χ3v) is 3.18. The maximum Gasteiger partial charge on any atom is 0.115 e. The first kappa shape index (κ1) is 14.2. The van der Waals surface area contributed by atoms with Gasteiger partial charge in [0, 0.05) is 34.9 Å². The summed E-state index contributed by atoms with van der Waals surface area (Å²) in [6, 6.07) is 6.84. The molecule has 19 heavy (non-hydrogen) atoms. The van der Waals surface area contributed by atoms with Crippen molar-refractivity contribution in [2.24, 2.45) is 0 Å². The number of nitrogens with one attached hydrogen (secondary N) is 1. The van der Waals surface area contributed by atoms with Crippen LogP contribution in [0.15, 0.2) is 36.8 Å². The average Bonchev–Trinajstić information content (AvgIpc) is 2.42. The summed E-state index contributed by atoms with van der Waals surface area (Å²) < 4.78 is 0. The Bertz CT molecular complexity index is 537. The van der Waals surface area contributed by atoms with Crippen molar-refractivity contribution in [2.75, 3.05) is 6.54 Å². The van der Waals surface area contributed by atoms with Crippen molar-refractivity contribution in [1.29, 1.82) is 0 Å². The number of rotatable bonds is 5. The standard InChI is InChI=1S/C13H13Cl2N3O/c14-9-1-2-12(15)11(5-9)13(19)7-17-6-10-3-4-16-8-18-10/h1-5,8,13,17,19H,6-7H2. The van der Waals surface area contributed by atoms with Crippen LogP contribution in [-0.4, -0.2) is 21.6 Å². The molecule has 0 saturated carbocycles. The minimum Gasteiger partial charge on any atom is -0.387 e. The van der Waals surface area contributed by atoms with E-state index in [9.17, 15) is 5.11 Å². The molecule has 100 valence electrons. The van der Waals surface area contributed by atoms with E-state index in [1.165, 1.54) is 6.33 Å². The summed E-state index contributed by atoms with van der Waals surface area (Å²) in [6.45, 7) is 0.918. The molecule has 0 aliphatic rings. The third-order valence-electron chi connectivity index (χ3n) is 2.60. The summed E-state index contributed by atoms with van der Waals surface area (Å²) in [7, 11) is 0. The number of hydrogen-bond acceptors (Lipinski definition) is 4. The predicted octanol–water partition coefficient (Wildman–Crippen LogP) is 2.61. The molecule has 1 unspecified atom stereocenters. The summed E-state index contributed by atoms with van der Waals surface area (Å²) in [5.41, 5.74) is 1.48. The Labute approximate surface area is 121 Å². The van der Waals surface area contributed by atoms with Gasteiger partial charge in [-0.15, -0.1) is 0 Å². The lowest BCUT2D eigenvalue weighted by Gasteiger charge is -2.13. The number of hydrogen-bond donors (Lipinski definition) is 2. The van der Waals surface area contributed by atoms with E-state index >= 15 is 0 Å². The van der Waals surface area contributed by atoms with Gasteiger partial charge in [0.25, 0.3) is 0 Å². The average molecular weight is 298 g/mol. The minimum atomic E-state index is -0.715. The maximum absolute atomic E-state index is 10.1. The Hall–Kier alpha value is -1.20. The van der Waals surface area contributed by atoms with E-state index in [0.717, 1.165) is 5.69 Å². The largest absolute Gasteiger partial charge is 0.387 e. The number of aromatic nitrogens is 2. The SMILES string of the molecule is OC(CNCc1ccncn1)c1cc(Cl)ccc1Cl. The van der Waals surface area contributed by atoms with Crippen LogP contribution in [-0.2, 0) is 6.54 Å². The Morgan fingerprint density at radius 1 is 1.26 bits per heavy atom. The molecule has 0 amide bonds. The van der Waals surface area contributed by atoms with Gasteiger partial charge in [-0.2, -0.15) is 0 Å². The van der Waals surface area contributed by atoms with Crippen LogP contribution in [0.5, 0.6) is 0 Å². The zero-order valence-electron chi connectivity index (χ0n) is 10.1. The van der Waals surface area contributed by atoms with Crippen LogP contribution >= 0.6 is 23.2 Å². The first-order valence-electron chi connectivity index (χ1n) is 5.75.